The van der Waals surface area contributed by atoms with Crippen molar-refractivity contribution in [2.24, 2.45) is 0 Å². The summed E-state index contributed by atoms with van der Waals surface area (Å²) in [5.74, 6) is 0. The van der Waals surface area contributed by atoms with Crippen LogP contribution < -0.4 is 5.32 Å². The minimum Gasteiger partial charge on any atom is -0.448 e. The van der Waals surface area contributed by atoms with Gasteiger partial charge in [0.25, 0.3) is 0 Å². The maximum Gasteiger partial charge on any atom is 0.413 e. The molecule has 2 heterocycles. The highest BCUT2D eigenvalue weighted by atomic mass is 32.1. The average Bonchev–Trinajstić information content (AvgIpc) is 2.89. The van der Waals surface area contributed by atoms with Crippen LogP contribution in [0.15, 0.2) is 18.2 Å². The first kappa shape index (κ1) is 15.2. The molecule has 6 nitrogen and oxygen atoms in total. The maximum absolute atomic E-state index is 11.8. The summed E-state index contributed by atoms with van der Waals surface area (Å²) in [6.45, 7) is 6.41. The quantitative estimate of drug-likeness (QED) is 0.937. The smallest absolute Gasteiger partial charge is 0.413 e. The van der Waals surface area contributed by atoms with Gasteiger partial charge in [0.15, 0.2) is 5.13 Å². The lowest BCUT2D eigenvalue weighted by atomic mass is 10.2. The molecule has 7 heteroatoms. The molecule has 1 N–H and O–H groups in total. The van der Waals surface area contributed by atoms with Gasteiger partial charge in [0.1, 0.15) is 6.61 Å². The van der Waals surface area contributed by atoms with Crippen LogP contribution >= 0.6 is 11.3 Å². The second kappa shape index (κ2) is 7.04. The molecule has 3 rings (SSSR count). The van der Waals surface area contributed by atoms with Gasteiger partial charge in [0.2, 0.25) is 0 Å². The summed E-state index contributed by atoms with van der Waals surface area (Å²) >= 11 is 1.45. The van der Waals surface area contributed by atoms with Gasteiger partial charge in [0, 0.05) is 19.6 Å². The number of anilines is 1. The number of fused-ring (bicyclic) bond motifs is 1. The second-order valence-electron chi connectivity index (χ2n) is 5.21. The van der Waals surface area contributed by atoms with E-state index in [4.69, 9.17) is 9.47 Å². The highest BCUT2D eigenvalue weighted by Crippen LogP contribution is 2.26. The van der Waals surface area contributed by atoms with Crippen LogP contribution in [0.2, 0.25) is 0 Å². The van der Waals surface area contributed by atoms with Crippen molar-refractivity contribution in [3.05, 3.63) is 23.8 Å². The van der Waals surface area contributed by atoms with Gasteiger partial charge < -0.3 is 9.47 Å². The van der Waals surface area contributed by atoms with E-state index in [0.29, 0.717) is 11.7 Å². The number of carbonyl (C=O) groups excluding carboxylic acids is 1. The number of aryl methyl sites for hydroxylation is 1. The molecule has 0 unspecified atom stereocenters. The molecule has 0 atom stereocenters. The largest absolute Gasteiger partial charge is 0.448 e. The van der Waals surface area contributed by atoms with Crippen LogP contribution in [0.4, 0.5) is 9.93 Å². The van der Waals surface area contributed by atoms with E-state index in [9.17, 15) is 4.79 Å². The second-order valence-corrected chi connectivity index (χ2v) is 6.24. The first-order valence-electron chi connectivity index (χ1n) is 7.32. The number of nitrogens with zero attached hydrogens (tertiary/aromatic N) is 2. The Kier molecular flexibility index (Phi) is 4.87. The van der Waals surface area contributed by atoms with E-state index < -0.39 is 6.09 Å². The molecule has 118 valence electrons. The molecule has 0 bridgehead atoms. The molecule has 1 aromatic carbocycles. The standard InChI is InChI=1S/C15H19N3O3S/c1-11-2-3-12-13(10-11)22-14(16-12)17-15(19)21-9-6-18-4-7-20-8-5-18/h2-3,10H,4-9H2,1H3,(H,16,17,19). The summed E-state index contributed by atoms with van der Waals surface area (Å²) in [5, 5.41) is 3.26. The van der Waals surface area contributed by atoms with Crippen molar-refractivity contribution in [2.75, 3.05) is 44.8 Å². The van der Waals surface area contributed by atoms with Gasteiger partial charge in [-0.3, -0.25) is 10.2 Å². The molecule has 1 fully saturated rings. The highest BCUT2D eigenvalue weighted by Gasteiger charge is 2.12. The number of ether oxygens (including phenoxy) is 2. The van der Waals surface area contributed by atoms with Gasteiger partial charge >= 0.3 is 6.09 Å². The first-order valence-corrected chi connectivity index (χ1v) is 8.13. The van der Waals surface area contributed by atoms with Gasteiger partial charge in [-0.15, -0.1) is 0 Å². The van der Waals surface area contributed by atoms with Crippen LogP contribution in [0.5, 0.6) is 0 Å². The summed E-state index contributed by atoms with van der Waals surface area (Å²) < 4.78 is 11.5. The van der Waals surface area contributed by atoms with Gasteiger partial charge in [-0.1, -0.05) is 17.4 Å². The fourth-order valence-corrected chi connectivity index (χ4v) is 3.25. The van der Waals surface area contributed by atoms with Crippen molar-refractivity contribution in [1.82, 2.24) is 9.88 Å². The monoisotopic (exact) mass is 321 g/mol. The van der Waals surface area contributed by atoms with E-state index in [1.165, 1.54) is 16.9 Å². The minimum absolute atomic E-state index is 0.371. The Hall–Kier alpha value is -1.70. The Morgan fingerprint density at radius 3 is 3.09 bits per heavy atom. The molecule has 1 aliphatic heterocycles. The van der Waals surface area contributed by atoms with Crippen LogP contribution in [0.1, 0.15) is 5.56 Å². The third-order valence-electron chi connectivity index (χ3n) is 3.50. The van der Waals surface area contributed by atoms with Crippen LogP contribution in [0.25, 0.3) is 10.2 Å². The Balaban J connectivity index is 1.47. The van der Waals surface area contributed by atoms with Gasteiger partial charge in [-0.25, -0.2) is 9.78 Å². The molecule has 0 aliphatic carbocycles. The Labute approximate surface area is 133 Å². The molecule has 1 amide bonds. The molecule has 0 radical (unpaired) electrons. The van der Waals surface area contributed by atoms with Gasteiger partial charge in [0.05, 0.1) is 23.4 Å². The van der Waals surface area contributed by atoms with E-state index in [1.54, 1.807) is 0 Å². The van der Waals surface area contributed by atoms with Crippen LogP contribution in [0, 0.1) is 6.92 Å². The third kappa shape index (κ3) is 3.94. The third-order valence-corrected chi connectivity index (χ3v) is 4.43. The first-order chi connectivity index (χ1) is 10.7. The lowest BCUT2D eigenvalue weighted by Crippen LogP contribution is -2.38. The zero-order chi connectivity index (χ0) is 15.4. The van der Waals surface area contributed by atoms with E-state index in [2.05, 4.69) is 21.3 Å². The molecule has 2 aromatic rings. The minimum atomic E-state index is -0.455. The number of thiazole rings is 1. The van der Waals surface area contributed by atoms with E-state index >= 15 is 0 Å². The zero-order valence-electron chi connectivity index (χ0n) is 12.5. The fourth-order valence-electron chi connectivity index (χ4n) is 2.30. The van der Waals surface area contributed by atoms with Crippen molar-refractivity contribution < 1.29 is 14.3 Å². The lowest BCUT2D eigenvalue weighted by Gasteiger charge is -2.26. The summed E-state index contributed by atoms with van der Waals surface area (Å²) in [6.07, 6.45) is -0.455. The predicted molar refractivity (Wildman–Crippen MR) is 86.6 cm³/mol. The van der Waals surface area contributed by atoms with Gasteiger partial charge in [-0.05, 0) is 24.6 Å². The lowest BCUT2D eigenvalue weighted by molar-refractivity contribution is 0.0290. The molecule has 1 aromatic heterocycles. The van der Waals surface area contributed by atoms with E-state index in [0.717, 1.165) is 43.1 Å². The Morgan fingerprint density at radius 1 is 1.45 bits per heavy atom. The number of carbonyl (C=O) groups is 1. The van der Waals surface area contributed by atoms with Gasteiger partial charge in [-0.2, -0.15) is 0 Å². The molecule has 0 saturated carbocycles. The SMILES string of the molecule is Cc1ccc2nc(NC(=O)OCCN3CCOCC3)sc2c1. The summed E-state index contributed by atoms with van der Waals surface area (Å²) in [7, 11) is 0. The summed E-state index contributed by atoms with van der Waals surface area (Å²) in [4.78, 5) is 18.4. The fraction of sp³-hybridized carbons (Fsp3) is 0.467. The molecule has 1 aliphatic rings. The molecule has 0 spiro atoms. The van der Waals surface area contributed by atoms with Crippen molar-refractivity contribution in [1.29, 1.82) is 0 Å². The zero-order valence-corrected chi connectivity index (χ0v) is 13.3. The number of rotatable bonds is 4. The summed E-state index contributed by atoms with van der Waals surface area (Å²) in [5.41, 5.74) is 2.06. The van der Waals surface area contributed by atoms with Crippen molar-refractivity contribution >= 4 is 32.8 Å². The Bertz CT molecular complexity index is 653. The number of hydrogen-bond acceptors (Lipinski definition) is 6. The van der Waals surface area contributed by atoms with Crippen molar-refractivity contribution in [3.63, 3.8) is 0 Å². The molecular formula is C15H19N3O3S. The molecule has 1 saturated heterocycles. The van der Waals surface area contributed by atoms with Crippen LogP contribution in [-0.4, -0.2) is 55.4 Å². The number of benzene rings is 1. The van der Waals surface area contributed by atoms with Crippen LogP contribution in [-0.2, 0) is 9.47 Å². The molecule has 22 heavy (non-hydrogen) atoms. The summed E-state index contributed by atoms with van der Waals surface area (Å²) in [6, 6.07) is 6.02. The number of amides is 1. The van der Waals surface area contributed by atoms with E-state index in [-0.39, 0.29) is 0 Å². The Morgan fingerprint density at radius 2 is 2.27 bits per heavy atom. The average molecular weight is 321 g/mol. The van der Waals surface area contributed by atoms with Crippen LogP contribution in [0.3, 0.4) is 0 Å². The van der Waals surface area contributed by atoms with E-state index in [1.807, 2.05) is 19.1 Å². The normalized spacial score (nSPS) is 15.9. The van der Waals surface area contributed by atoms with Crippen molar-refractivity contribution in [2.45, 2.75) is 6.92 Å². The highest BCUT2D eigenvalue weighted by molar-refractivity contribution is 7.22. The maximum atomic E-state index is 11.8. The number of morpholine rings is 1. The topological polar surface area (TPSA) is 63.7 Å². The number of aromatic nitrogens is 1. The van der Waals surface area contributed by atoms with Crippen molar-refractivity contribution in [3.8, 4) is 0 Å². The number of nitrogens with one attached hydrogen (secondary N) is 1. The number of hydrogen-bond donors (Lipinski definition) is 1. The predicted octanol–water partition coefficient (Wildman–Crippen LogP) is 2.49. The molecular weight excluding hydrogens is 302 g/mol.